The first-order valence-electron chi connectivity index (χ1n) is 5.77. The van der Waals surface area contributed by atoms with Gasteiger partial charge in [-0.15, -0.1) is 6.42 Å². The molecule has 0 rings (SSSR count). The van der Waals surface area contributed by atoms with Gasteiger partial charge in [0.1, 0.15) is 6.16 Å². The van der Waals surface area contributed by atoms with Crippen LogP contribution in [0.1, 0.15) is 13.8 Å². The zero-order valence-corrected chi connectivity index (χ0v) is 12.1. The summed E-state index contributed by atoms with van der Waals surface area (Å²) in [5, 5.41) is 0. The Labute approximate surface area is 114 Å². The number of rotatable bonds is 9. The van der Waals surface area contributed by atoms with Crippen molar-refractivity contribution >= 4 is 13.6 Å². The predicted octanol–water partition coefficient (Wildman–Crippen LogP) is 2.54. The van der Waals surface area contributed by atoms with E-state index in [1.54, 1.807) is 38.2 Å². The summed E-state index contributed by atoms with van der Waals surface area (Å²) in [7, 11) is -3.52. The SMILES string of the molecule is C#CCOC(=O)CP(=O)(OCC=CC)OCC=CC. The number of terminal acetylenes is 1. The molecule has 19 heavy (non-hydrogen) atoms. The van der Waals surface area contributed by atoms with Gasteiger partial charge in [0.15, 0.2) is 6.61 Å². The molecule has 0 aliphatic heterocycles. The van der Waals surface area contributed by atoms with E-state index in [1.165, 1.54) is 0 Å². The Bertz CT molecular complexity index is 386. The fourth-order valence-corrected chi connectivity index (χ4v) is 2.25. The number of ether oxygens (including phenoxy) is 1. The minimum absolute atomic E-state index is 0.103. The first-order valence-corrected chi connectivity index (χ1v) is 7.50. The number of hydrogen-bond donors (Lipinski definition) is 0. The van der Waals surface area contributed by atoms with Crippen LogP contribution in [0.15, 0.2) is 24.3 Å². The molecule has 0 saturated carbocycles. The lowest BCUT2D eigenvalue weighted by Gasteiger charge is -2.16. The van der Waals surface area contributed by atoms with Crippen LogP contribution in [0.2, 0.25) is 0 Å². The molecule has 0 unspecified atom stereocenters. The van der Waals surface area contributed by atoms with E-state index in [0.29, 0.717) is 0 Å². The van der Waals surface area contributed by atoms with Gasteiger partial charge in [-0.3, -0.25) is 9.36 Å². The van der Waals surface area contributed by atoms with E-state index in [1.807, 2.05) is 0 Å². The van der Waals surface area contributed by atoms with E-state index in [4.69, 9.17) is 15.5 Å². The highest BCUT2D eigenvalue weighted by Gasteiger charge is 2.28. The van der Waals surface area contributed by atoms with Gasteiger partial charge in [0, 0.05) is 0 Å². The highest BCUT2D eigenvalue weighted by Crippen LogP contribution is 2.48. The summed E-state index contributed by atoms with van der Waals surface area (Å²) in [6, 6.07) is 0. The third-order valence-corrected chi connectivity index (χ3v) is 3.58. The molecule has 0 aromatic carbocycles. The molecular weight excluding hydrogens is 267 g/mol. The standard InChI is InChI=1S/C13H19O5P/c1-4-7-10-17-19(15,18-11-8-5-2)12-13(14)16-9-6-3/h3-5,7-8H,9-12H2,1-2H3. The van der Waals surface area contributed by atoms with Crippen LogP contribution in [0, 0.1) is 12.3 Å². The van der Waals surface area contributed by atoms with E-state index >= 15 is 0 Å². The van der Waals surface area contributed by atoms with Gasteiger partial charge in [-0.25, -0.2) is 0 Å². The average molecular weight is 286 g/mol. The molecule has 0 atom stereocenters. The highest BCUT2D eigenvalue weighted by molar-refractivity contribution is 7.54. The molecule has 0 bridgehead atoms. The summed E-state index contributed by atoms with van der Waals surface area (Å²) in [6.45, 7) is 3.65. The van der Waals surface area contributed by atoms with Crippen molar-refractivity contribution in [2.24, 2.45) is 0 Å². The van der Waals surface area contributed by atoms with Crippen LogP contribution < -0.4 is 0 Å². The molecule has 0 aliphatic rings. The largest absolute Gasteiger partial charge is 0.452 e. The number of carbonyl (C=O) groups excluding carboxylic acids is 1. The van der Waals surface area contributed by atoms with Crippen LogP contribution in [0.5, 0.6) is 0 Å². The van der Waals surface area contributed by atoms with Crippen LogP contribution in [-0.2, 0) is 23.1 Å². The Balaban J connectivity index is 4.50. The zero-order chi connectivity index (χ0) is 14.6. The zero-order valence-electron chi connectivity index (χ0n) is 11.2. The van der Waals surface area contributed by atoms with E-state index in [-0.39, 0.29) is 19.8 Å². The Hall–Kier alpha value is -1.34. The fourth-order valence-electron chi connectivity index (χ4n) is 0.960. The molecule has 0 heterocycles. The van der Waals surface area contributed by atoms with Crippen molar-refractivity contribution < 1.29 is 23.1 Å². The molecule has 6 heteroatoms. The predicted molar refractivity (Wildman–Crippen MR) is 73.8 cm³/mol. The summed E-state index contributed by atoms with van der Waals surface area (Å²) in [4.78, 5) is 11.4. The number of esters is 1. The van der Waals surface area contributed by atoms with Crippen molar-refractivity contribution in [1.29, 1.82) is 0 Å². The number of carbonyl (C=O) groups is 1. The van der Waals surface area contributed by atoms with Crippen molar-refractivity contribution in [3.05, 3.63) is 24.3 Å². The van der Waals surface area contributed by atoms with Gasteiger partial charge in [0.05, 0.1) is 13.2 Å². The van der Waals surface area contributed by atoms with Crippen molar-refractivity contribution in [2.45, 2.75) is 13.8 Å². The van der Waals surface area contributed by atoms with Gasteiger partial charge in [-0.2, -0.15) is 0 Å². The maximum Gasteiger partial charge on any atom is 0.342 e. The summed E-state index contributed by atoms with van der Waals surface area (Å²) in [5.74, 6) is 1.45. The maximum absolute atomic E-state index is 12.3. The molecule has 0 amide bonds. The van der Waals surface area contributed by atoms with Crippen LogP contribution in [0.25, 0.3) is 0 Å². The molecule has 0 radical (unpaired) electrons. The molecule has 0 spiro atoms. The van der Waals surface area contributed by atoms with Gasteiger partial charge in [0.25, 0.3) is 0 Å². The second-order valence-corrected chi connectivity index (χ2v) is 5.42. The first kappa shape index (κ1) is 17.7. The lowest BCUT2D eigenvalue weighted by molar-refractivity contribution is -0.139. The molecule has 5 nitrogen and oxygen atoms in total. The monoisotopic (exact) mass is 286 g/mol. The Morgan fingerprint density at radius 3 is 2.16 bits per heavy atom. The summed E-state index contributed by atoms with van der Waals surface area (Å²) < 4.78 is 27.2. The van der Waals surface area contributed by atoms with Crippen LogP contribution in [0.3, 0.4) is 0 Å². The van der Waals surface area contributed by atoms with Crippen LogP contribution in [0.4, 0.5) is 0 Å². The molecule has 0 aliphatic carbocycles. The highest BCUT2D eigenvalue weighted by atomic mass is 31.2. The Kier molecular flexibility index (Phi) is 9.82. The van der Waals surface area contributed by atoms with Gasteiger partial charge in [-0.05, 0) is 13.8 Å². The third-order valence-electron chi connectivity index (χ3n) is 1.85. The number of allylic oxidation sites excluding steroid dienone is 2. The van der Waals surface area contributed by atoms with Crippen molar-refractivity contribution in [3.63, 3.8) is 0 Å². The Morgan fingerprint density at radius 2 is 1.74 bits per heavy atom. The first-order chi connectivity index (χ1) is 9.08. The lowest BCUT2D eigenvalue weighted by atomic mass is 10.6. The summed E-state index contributed by atoms with van der Waals surface area (Å²) >= 11 is 0. The van der Waals surface area contributed by atoms with Crippen molar-refractivity contribution in [3.8, 4) is 12.3 Å². The third kappa shape index (κ3) is 9.26. The van der Waals surface area contributed by atoms with E-state index in [0.717, 1.165) is 0 Å². The quantitative estimate of drug-likeness (QED) is 0.282. The normalized spacial score (nSPS) is 14.4. The summed E-state index contributed by atoms with van der Waals surface area (Å²) in [5.41, 5.74) is 0. The molecule has 0 aromatic heterocycles. The van der Waals surface area contributed by atoms with Crippen LogP contribution >= 0.6 is 7.60 Å². The smallest absolute Gasteiger partial charge is 0.342 e. The van der Waals surface area contributed by atoms with E-state index in [2.05, 4.69) is 10.7 Å². The number of hydrogen-bond acceptors (Lipinski definition) is 5. The van der Waals surface area contributed by atoms with Gasteiger partial charge < -0.3 is 13.8 Å². The summed E-state index contributed by atoms with van der Waals surface area (Å²) in [6.07, 6.45) is 11.3. The lowest BCUT2D eigenvalue weighted by Crippen LogP contribution is -2.13. The topological polar surface area (TPSA) is 61.8 Å². The second kappa shape index (κ2) is 10.6. The molecule has 0 aromatic rings. The van der Waals surface area contributed by atoms with Crippen molar-refractivity contribution in [1.82, 2.24) is 0 Å². The molecule has 0 fully saturated rings. The minimum atomic E-state index is -3.52. The molecule has 0 N–H and O–H groups in total. The van der Waals surface area contributed by atoms with Gasteiger partial charge >= 0.3 is 13.6 Å². The van der Waals surface area contributed by atoms with Gasteiger partial charge in [-0.1, -0.05) is 30.2 Å². The fraction of sp³-hybridized carbons (Fsp3) is 0.462. The molecule has 0 saturated heterocycles. The van der Waals surface area contributed by atoms with Gasteiger partial charge in [0.2, 0.25) is 0 Å². The van der Waals surface area contributed by atoms with Crippen molar-refractivity contribution in [2.75, 3.05) is 26.0 Å². The maximum atomic E-state index is 12.3. The van der Waals surface area contributed by atoms with E-state index < -0.39 is 19.7 Å². The minimum Gasteiger partial charge on any atom is -0.452 e. The molecular formula is C13H19O5P. The van der Waals surface area contributed by atoms with E-state index in [9.17, 15) is 9.36 Å². The Morgan fingerprint density at radius 1 is 1.21 bits per heavy atom. The average Bonchev–Trinajstić information content (AvgIpc) is 2.37. The molecule has 106 valence electrons. The van der Waals surface area contributed by atoms with Crippen LogP contribution in [-0.4, -0.2) is 32.0 Å². The second-order valence-electron chi connectivity index (χ2n) is 3.36.